The summed E-state index contributed by atoms with van der Waals surface area (Å²) in [5.74, 6) is -0.0349. The number of nitrogens with zero attached hydrogens (tertiary/aromatic N) is 1. The van der Waals surface area contributed by atoms with Crippen molar-refractivity contribution in [1.29, 1.82) is 0 Å². The van der Waals surface area contributed by atoms with Crippen LogP contribution in [0.15, 0.2) is 18.2 Å². The number of hydrogen-bond donors (Lipinski definition) is 2. The standard InChI is InChI=1S/C21H29F2N3O3S/c22-14-1-4-19(23)18(7-14)21-20(24)8-16(11-29-21)26-9-12-5-15(6-13(12)10-26)25-30(27,28)17-2-3-17/h1,4,7,12-13,15-17,20-21,25H,2-3,5-6,8-11,24H2/t12?,13?,15?,16-,20+,21-/m1/s1. The monoisotopic (exact) mass is 441 g/mol. The Morgan fingerprint density at radius 2 is 1.80 bits per heavy atom. The number of ether oxygens (including phenoxy) is 1. The van der Waals surface area contributed by atoms with Gasteiger partial charge in [0.25, 0.3) is 0 Å². The molecule has 0 aromatic heterocycles. The molecule has 0 amide bonds. The highest BCUT2D eigenvalue weighted by atomic mass is 32.2. The van der Waals surface area contributed by atoms with E-state index in [9.17, 15) is 17.2 Å². The molecule has 2 aliphatic heterocycles. The normalized spacial score (nSPS) is 37.4. The molecule has 0 spiro atoms. The number of likely N-dealkylation sites (tertiary alicyclic amines) is 1. The first-order valence-corrected chi connectivity index (χ1v) is 12.4. The third kappa shape index (κ3) is 4.02. The van der Waals surface area contributed by atoms with Crippen molar-refractivity contribution in [2.24, 2.45) is 17.6 Å². The lowest BCUT2D eigenvalue weighted by atomic mass is 9.93. The van der Waals surface area contributed by atoms with Crippen molar-refractivity contribution >= 4 is 10.0 Å². The molecule has 1 aromatic rings. The summed E-state index contributed by atoms with van der Waals surface area (Å²) < 4.78 is 60.9. The van der Waals surface area contributed by atoms with Gasteiger partial charge in [0, 0.05) is 36.8 Å². The average Bonchev–Trinajstić information content (AvgIpc) is 3.39. The van der Waals surface area contributed by atoms with E-state index in [1.165, 1.54) is 6.07 Å². The maximum Gasteiger partial charge on any atom is 0.214 e. The smallest absolute Gasteiger partial charge is 0.214 e. The van der Waals surface area contributed by atoms with E-state index in [1.54, 1.807) is 0 Å². The quantitative estimate of drug-likeness (QED) is 0.729. The highest BCUT2D eigenvalue weighted by Gasteiger charge is 2.46. The second kappa shape index (κ2) is 7.78. The molecule has 2 heterocycles. The molecule has 2 saturated carbocycles. The highest BCUT2D eigenvalue weighted by molar-refractivity contribution is 7.90. The number of benzene rings is 1. The van der Waals surface area contributed by atoms with E-state index < -0.39 is 33.8 Å². The third-order valence-corrected chi connectivity index (χ3v) is 9.27. The summed E-state index contributed by atoms with van der Waals surface area (Å²) in [5, 5.41) is -0.175. The van der Waals surface area contributed by atoms with Crippen molar-refractivity contribution in [3.8, 4) is 0 Å². The molecule has 2 aliphatic carbocycles. The van der Waals surface area contributed by atoms with Gasteiger partial charge in [0.15, 0.2) is 0 Å². The molecule has 1 aromatic carbocycles. The Hall–Kier alpha value is -1.13. The minimum absolute atomic E-state index is 0.0537. The molecular weight excluding hydrogens is 412 g/mol. The Kier molecular flexibility index (Phi) is 5.38. The van der Waals surface area contributed by atoms with Gasteiger partial charge in [-0.25, -0.2) is 21.9 Å². The maximum atomic E-state index is 14.1. The van der Waals surface area contributed by atoms with E-state index in [2.05, 4.69) is 9.62 Å². The van der Waals surface area contributed by atoms with E-state index in [0.29, 0.717) is 24.9 Å². The summed E-state index contributed by atoms with van der Waals surface area (Å²) in [6.07, 6.45) is 3.35. The molecule has 5 rings (SSSR count). The van der Waals surface area contributed by atoms with Crippen LogP contribution in [0, 0.1) is 23.5 Å². The lowest BCUT2D eigenvalue weighted by molar-refractivity contribution is -0.0485. The van der Waals surface area contributed by atoms with Crippen LogP contribution in [0.5, 0.6) is 0 Å². The number of rotatable bonds is 5. The zero-order valence-corrected chi connectivity index (χ0v) is 17.7. The number of nitrogens with two attached hydrogens (primary N) is 1. The van der Waals surface area contributed by atoms with Gasteiger partial charge in [0.05, 0.1) is 11.9 Å². The van der Waals surface area contributed by atoms with Gasteiger partial charge in [-0.2, -0.15) is 0 Å². The van der Waals surface area contributed by atoms with Crippen molar-refractivity contribution in [2.45, 2.75) is 61.6 Å². The molecule has 30 heavy (non-hydrogen) atoms. The zero-order valence-electron chi connectivity index (χ0n) is 16.8. The van der Waals surface area contributed by atoms with Gasteiger partial charge in [-0.05, 0) is 62.1 Å². The number of sulfonamides is 1. The molecule has 4 aliphatic rings. The molecular formula is C21H29F2N3O3S. The van der Waals surface area contributed by atoms with Crippen LogP contribution in [0.1, 0.15) is 43.8 Å². The van der Waals surface area contributed by atoms with Gasteiger partial charge >= 0.3 is 0 Å². The van der Waals surface area contributed by atoms with Crippen LogP contribution < -0.4 is 10.5 Å². The average molecular weight is 442 g/mol. The molecule has 4 fully saturated rings. The van der Waals surface area contributed by atoms with Crippen molar-refractivity contribution in [2.75, 3.05) is 19.7 Å². The Bertz CT molecular complexity index is 897. The van der Waals surface area contributed by atoms with Gasteiger partial charge in [0.1, 0.15) is 17.7 Å². The predicted molar refractivity (Wildman–Crippen MR) is 108 cm³/mol. The van der Waals surface area contributed by atoms with Crippen LogP contribution >= 0.6 is 0 Å². The maximum absolute atomic E-state index is 14.1. The summed E-state index contributed by atoms with van der Waals surface area (Å²) >= 11 is 0. The largest absolute Gasteiger partial charge is 0.370 e. The fourth-order valence-electron chi connectivity index (χ4n) is 5.59. The van der Waals surface area contributed by atoms with Gasteiger partial charge in [-0.1, -0.05) is 0 Å². The predicted octanol–water partition coefficient (Wildman–Crippen LogP) is 1.91. The topological polar surface area (TPSA) is 84.7 Å². The van der Waals surface area contributed by atoms with E-state index in [4.69, 9.17) is 10.5 Å². The summed E-state index contributed by atoms with van der Waals surface area (Å²) in [6.45, 7) is 2.25. The van der Waals surface area contributed by atoms with Crippen LogP contribution in [0.3, 0.4) is 0 Å². The van der Waals surface area contributed by atoms with Gasteiger partial charge in [-0.15, -0.1) is 0 Å². The Morgan fingerprint density at radius 1 is 1.10 bits per heavy atom. The second-order valence-electron chi connectivity index (χ2n) is 9.48. The number of hydrogen-bond acceptors (Lipinski definition) is 5. The van der Waals surface area contributed by atoms with Gasteiger partial charge in [-0.3, -0.25) is 4.90 Å². The van der Waals surface area contributed by atoms with Gasteiger partial charge < -0.3 is 10.5 Å². The fraction of sp³-hybridized carbons (Fsp3) is 0.714. The van der Waals surface area contributed by atoms with Crippen molar-refractivity contribution in [3.63, 3.8) is 0 Å². The first-order valence-electron chi connectivity index (χ1n) is 10.9. The molecule has 166 valence electrons. The molecule has 2 unspecified atom stereocenters. The molecule has 6 nitrogen and oxygen atoms in total. The minimum atomic E-state index is -3.14. The van der Waals surface area contributed by atoms with E-state index in [1.807, 2.05) is 0 Å². The SMILES string of the molecule is N[C@H]1C[C@@H](N2CC3CC(NS(=O)(=O)C4CC4)CC3C2)CO[C@@H]1c1cc(F)ccc1F. The first-order chi connectivity index (χ1) is 14.3. The number of nitrogens with one attached hydrogen (secondary N) is 1. The summed E-state index contributed by atoms with van der Waals surface area (Å²) in [7, 11) is -3.14. The van der Waals surface area contributed by atoms with Crippen LogP contribution in [0.4, 0.5) is 8.78 Å². The minimum Gasteiger partial charge on any atom is -0.370 e. The molecule has 5 atom stereocenters. The highest BCUT2D eigenvalue weighted by Crippen LogP contribution is 2.41. The summed E-state index contributed by atoms with van der Waals surface area (Å²) in [6, 6.07) is 3.18. The lowest BCUT2D eigenvalue weighted by Crippen LogP contribution is -2.49. The first kappa shape index (κ1) is 20.8. The van der Waals surface area contributed by atoms with Crippen LogP contribution in [-0.4, -0.2) is 56.4 Å². The van der Waals surface area contributed by atoms with E-state index >= 15 is 0 Å². The molecule has 9 heteroatoms. The Morgan fingerprint density at radius 3 is 2.43 bits per heavy atom. The van der Waals surface area contributed by atoms with Crippen LogP contribution in [0.2, 0.25) is 0 Å². The van der Waals surface area contributed by atoms with Crippen LogP contribution in [-0.2, 0) is 14.8 Å². The fourth-order valence-corrected chi connectivity index (χ4v) is 7.20. The second-order valence-corrected chi connectivity index (χ2v) is 11.5. The van der Waals surface area contributed by atoms with Crippen molar-refractivity contribution in [1.82, 2.24) is 9.62 Å². The third-order valence-electron chi connectivity index (χ3n) is 7.26. The summed E-state index contributed by atoms with van der Waals surface area (Å²) in [5.41, 5.74) is 6.50. The van der Waals surface area contributed by atoms with Gasteiger partial charge in [0.2, 0.25) is 10.0 Å². The number of halogens is 2. The molecule has 0 bridgehead atoms. The Balaban J connectivity index is 1.16. The van der Waals surface area contributed by atoms with Crippen molar-refractivity contribution in [3.05, 3.63) is 35.4 Å². The van der Waals surface area contributed by atoms with Crippen LogP contribution in [0.25, 0.3) is 0 Å². The summed E-state index contributed by atoms with van der Waals surface area (Å²) in [4.78, 5) is 2.39. The van der Waals surface area contributed by atoms with E-state index in [0.717, 1.165) is 50.9 Å². The zero-order chi connectivity index (χ0) is 21.0. The Labute approximate surface area is 176 Å². The molecule has 0 radical (unpaired) electrons. The van der Waals surface area contributed by atoms with Crippen molar-refractivity contribution < 1.29 is 21.9 Å². The molecule has 2 saturated heterocycles. The number of fused-ring (bicyclic) bond motifs is 1. The molecule has 3 N–H and O–H groups in total. The lowest BCUT2D eigenvalue weighted by Gasteiger charge is -2.39. The van der Waals surface area contributed by atoms with E-state index in [-0.39, 0.29) is 22.9 Å².